The van der Waals surface area contributed by atoms with Crippen LogP contribution in [0.15, 0.2) is 11.4 Å². The molecule has 0 aliphatic carbocycles. The van der Waals surface area contributed by atoms with Gasteiger partial charge in [0.25, 0.3) is 0 Å². The molecule has 5 nitrogen and oxygen atoms in total. The first-order valence-corrected chi connectivity index (χ1v) is 7.02. The average molecular weight is 264 g/mol. The number of ether oxygens (including phenoxy) is 1. The van der Waals surface area contributed by atoms with E-state index in [1.54, 1.807) is 11.3 Å². The highest BCUT2D eigenvalue weighted by Crippen LogP contribution is 2.27. The Balaban J connectivity index is 1.91. The lowest BCUT2D eigenvalue weighted by Gasteiger charge is -2.24. The van der Waals surface area contributed by atoms with Gasteiger partial charge in [0, 0.05) is 26.3 Å². The quantitative estimate of drug-likeness (QED) is 0.891. The molecule has 1 saturated heterocycles. The van der Waals surface area contributed by atoms with E-state index < -0.39 is 0 Å². The largest absolute Gasteiger partial charge is 0.381 e. The van der Waals surface area contributed by atoms with Crippen molar-refractivity contribution in [1.82, 2.24) is 9.97 Å². The van der Waals surface area contributed by atoms with Crippen molar-refractivity contribution in [1.29, 1.82) is 0 Å². The average Bonchev–Trinajstić information content (AvgIpc) is 2.88. The summed E-state index contributed by atoms with van der Waals surface area (Å²) >= 11 is 1.64. The number of thiophene rings is 1. The Hall–Kier alpha value is -1.40. The summed E-state index contributed by atoms with van der Waals surface area (Å²) in [5.74, 6) is 1.59. The van der Waals surface area contributed by atoms with Gasteiger partial charge in [0.2, 0.25) is 5.95 Å². The van der Waals surface area contributed by atoms with Gasteiger partial charge in [-0.15, -0.1) is 11.3 Å². The molecule has 2 aromatic rings. The standard InChI is InChI=1S/C12H16N4OS/c1-13-12-15-10(9-4-7-18-11(9)16-12)14-8-2-5-17-6-3-8/h4,7-8H,2-3,5-6H2,1H3,(H2,13,14,15,16). The Morgan fingerprint density at radius 2 is 2.17 bits per heavy atom. The molecule has 2 aromatic heterocycles. The Kier molecular flexibility index (Phi) is 3.29. The molecule has 96 valence electrons. The van der Waals surface area contributed by atoms with Gasteiger partial charge in [-0.05, 0) is 24.3 Å². The zero-order chi connectivity index (χ0) is 12.4. The topological polar surface area (TPSA) is 59.1 Å². The molecule has 2 N–H and O–H groups in total. The summed E-state index contributed by atoms with van der Waals surface area (Å²) in [7, 11) is 1.84. The maximum Gasteiger partial charge on any atom is 0.225 e. The molecule has 6 heteroatoms. The molecule has 0 aromatic carbocycles. The van der Waals surface area contributed by atoms with Crippen LogP contribution < -0.4 is 10.6 Å². The van der Waals surface area contributed by atoms with Gasteiger partial charge in [0.15, 0.2) is 0 Å². The molecule has 3 rings (SSSR count). The second-order valence-electron chi connectivity index (χ2n) is 4.32. The summed E-state index contributed by atoms with van der Waals surface area (Å²) < 4.78 is 5.37. The van der Waals surface area contributed by atoms with Crippen molar-refractivity contribution >= 4 is 33.3 Å². The molecule has 0 spiro atoms. The van der Waals surface area contributed by atoms with Crippen LogP contribution >= 0.6 is 11.3 Å². The number of nitrogens with zero attached hydrogens (tertiary/aromatic N) is 2. The Morgan fingerprint density at radius 1 is 1.33 bits per heavy atom. The molecule has 18 heavy (non-hydrogen) atoms. The summed E-state index contributed by atoms with van der Waals surface area (Å²) in [5, 5.41) is 9.68. The third-order valence-corrected chi connectivity index (χ3v) is 3.92. The maximum absolute atomic E-state index is 5.37. The van der Waals surface area contributed by atoms with Gasteiger partial charge in [0.1, 0.15) is 10.6 Å². The summed E-state index contributed by atoms with van der Waals surface area (Å²) in [6.45, 7) is 1.66. The number of hydrogen-bond acceptors (Lipinski definition) is 6. The van der Waals surface area contributed by atoms with Crippen molar-refractivity contribution < 1.29 is 4.74 Å². The number of rotatable bonds is 3. The van der Waals surface area contributed by atoms with Crippen molar-refractivity contribution in [3.63, 3.8) is 0 Å². The van der Waals surface area contributed by atoms with Crippen LogP contribution in [0.3, 0.4) is 0 Å². The number of nitrogens with one attached hydrogen (secondary N) is 2. The fraction of sp³-hybridized carbons (Fsp3) is 0.500. The molecule has 0 amide bonds. The van der Waals surface area contributed by atoms with Gasteiger partial charge < -0.3 is 15.4 Å². The highest BCUT2D eigenvalue weighted by molar-refractivity contribution is 7.16. The predicted molar refractivity (Wildman–Crippen MR) is 74.4 cm³/mol. The molecule has 3 heterocycles. The number of aromatic nitrogens is 2. The molecule has 0 bridgehead atoms. The van der Waals surface area contributed by atoms with E-state index in [1.807, 2.05) is 12.4 Å². The van der Waals surface area contributed by atoms with Crippen LogP contribution in [0.1, 0.15) is 12.8 Å². The normalized spacial score (nSPS) is 16.9. The molecule has 1 fully saturated rings. The van der Waals surface area contributed by atoms with E-state index in [4.69, 9.17) is 4.74 Å². The first-order valence-electron chi connectivity index (χ1n) is 6.14. The number of anilines is 2. The van der Waals surface area contributed by atoms with E-state index >= 15 is 0 Å². The van der Waals surface area contributed by atoms with Crippen LogP contribution in [0.2, 0.25) is 0 Å². The molecule has 0 radical (unpaired) electrons. The number of hydrogen-bond donors (Lipinski definition) is 2. The lowest BCUT2D eigenvalue weighted by Crippen LogP contribution is -2.28. The van der Waals surface area contributed by atoms with Crippen molar-refractivity contribution in [2.45, 2.75) is 18.9 Å². The fourth-order valence-corrected chi connectivity index (χ4v) is 2.88. The smallest absolute Gasteiger partial charge is 0.225 e. The minimum atomic E-state index is 0.446. The van der Waals surface area contributed by atoms with Gasteiger partial charge in [-0.25, -0.2) is 4.98 Å². The van der Waals surface area contributed by atoms with E-state index in [0.29, 0.717) is 12.0 Å². The van der Waals surface area contributed by atoms with Crippen LogP contribution in [0.5, 0.6) is 0 Å². The lowest BCUT2D eigenvalue weighted by molar-refractivity contribution is 0.0904. The highest BCUT2D eigenvalue weighted by Gasteiger charge is 2.16. The molecular formula is C12H16N4OS. The zero-order valence-corrected chi connectivity index (χ0v) is 11.1. The van der Waals surface area contributed by atoms with E-state index in [9.17, 15) is 0 Å². The zero-order valence-electron chi connectivity index (χ0n) is 10.3. The third kappa shape index (κ3) is 2.26. The molecule has 0 atom stereocenters. The van der Waals surface area contributed by atoms with Crippen molar-refractivity contribution in [2.24, 2.45) is 0 Å². The number of fused-ring (bicyclic) bond motifs is 1. The van der Waals surface area contributed by atoms with Crippen molar-refractivity contribution in [3.05, 3.63) is 11.4 Å². The second-order valence-corrected chi connectivity index (χ2v) is 5.21. The molecule has 1 aliphatic heterocycles. The first-order chi connectivity index (χ1) is 8.86. The Bertz CT molecular complexity index is 536. The van der Waals surface area contributed by atoms with Crippen LogP contribution in [0.25, 0.3) is 10.2 Å². The highest BCUT2D eigenvalue weighted by atomic mass is 32.1. The molecule has 0 saturated carbocycles. The minimum Gasteiger partial charge on any atom is -0.381 e. The summed E-state index contributed by atoms with van der Waals surface area (Å²) in [4.78, 5) is 9.97. The Morgan fingerprint density at radius 3 is 2.94 bits per heavy atom. The maximum atomic E-state index is 5.37. The van der Waals surface area contributed by atoms with Gasteiger partial charge in [0.05, 0.1) is 5.39 Å². The summed E-state index contributed by atoms with van der Waals surface area (Å²) in [6.07, 6.45) is 2.06. The summed E-state index contributed by atoms with van der Waals surface area (Å²) in [6, 6.07) is 2.52. The van der Waals surface area contributed by atoms with E-state index in [1.165, 1.54) is 0 Å². The monoisotopic (exact) mass is 264 g/mol. The van der Waals surface area contributed by atoms with Gasteiger partial charge in [-0.3, -0.25) is 0 Å². The summed E-state index contributed by atoms with van der Waals surface area (Å²) in [5.41, 5.74) is 0. The van der Waals surface area contributed by atoms with E-state index in [2.05, 4.69) is 26.7 Å². The second kappa shape index (κ2) is 5.07. The fourth-order valence-electron chi connectivity index (χ4n) is 2.11. The molecular weight excluding hydrogens is 248 g/mol. The predicted octanol–water partition coefficient (Wildman–Crippen LogP) is 2.32. The van der Waals surface area contributed by atoms with Crippen LogP contribution in [0.4, 0.5) is 11.8 Å². The first kappa shape index (κ1) is 11.7. The lowest BCUT2D eigenvalue weighted by atomic mass is 10.1. The van der Waals surface area contributed by atoms with Crippen molar-refractivity contribution in [2.75, 3.05) is 30.9 Å². The van der Waals surface area contributed by atoms with E-state index in [-0.39, 0.29) is 0 Å². The van der Waals surface area contributed by atoms with Crippen molar-refractivity contribution in [3.8, 4) is 0 Å². The van der Waals surface area contributed by atoms with Gasteiger partial charge >= 0.3 is 0 Å². The van der Waals surface area contributed by atoms with Crippen LogP contribution in [-0.4, -0.2) is 36.3 Å². The van der Waals surface area contributed by atoms with Crippen LogP contribution in [0, 0.1) is 0 Å². The Labute approximate surface area is 110 Å². The van der Waals surface area contributed by atoms with Gasteiger partial charge in [-0.1, -0.05) is 0 Å². The third-order valence-electron chi connectivity index (χ3n) is 3.11. The van der Waals surface area contributed by atoms with Crippen LogP contribution in [-0.2, 0) is 4.74 Å². The molecule has 1 aliphatic rings. The molecule has 0 unspecified atom stereocenters. The SMILES string of the molecule is CNc1nc(NC2CCOCC2)c2ccsc2n1. The van der Waals surface area contributed by atoms with Gasteiger partial charge in [-0.2, -0.15) is 4.98 Å². The minimum absolute atomic E-state index is 0.446. The van der Waals surface area contributed by atoms with E-state index in [0.717, 1.165) is 42.1 Å².